The van der Waals surface area contributed by atoms with Crippen LogP contribution in [0.5, 0.6) is 0 Å². The Morgan fingerprint density at radius 2 is 1.65 bits per heavy atom. The zero-order chi connectivity index (χ0) is 16.2. The van der Waals surface area contributed by atoms with Gasteiger partial charge in [-0.25, -0.2) is 0 Å². The number of carboxylic acid groups (broad SMARTS) is 1. The molecule has 116 valence electrons. The molecule has 5 nitrogen and oxygen atoms in total. The van der Waals surface area contributed by atoms with Gasteiger partial charge in [-0.15, -0.1) is 10.2 Å². The molecule has 0 radical (unpaired) electrons. The molecule has 0 saturated heterocycles. The summed E-state index contributed by atoms with van der Waals surface area (Å²) >= 11 is 1.18. The molecule has 0 aliphatic rings. The number of nitrogens with zero attached hydrogens (tertiary/aromatic N) is 3. The lowest BCUT2D eigenvalue weighted by atomic mass is 10.2. The lowest BCUT2D eigenvalue weighted by Crippen LogP contribution is -2.12. The molecule has 0 amide bonds. The molecule has 0 saturated carbocycles. The minimum Gasteiger partial charge on any atom is -0.480 e. The number of hydrogen-bond acceptors (Lipinski definition) is 4. The van der Waals surface area contributed by atoms with Gasteiger partial charge in [0.15, 0.2) is 11.0 Å². The maximum Gasteiger partial charge on any atom is 0.316 e. The van der Waals surface area contributed by atoms with Crippen molar-refractivity contribution in [1.29, 1.82) is 0 Å². The van der Waals surface area contributed by atoms with Crippen LogP contribution in [0.3, 0.4) is 0 Å². The van der Waals surface area contributed by atoms with Crippen LogP contribution in [0, 0.1) is 0 Å². The van der Waals surface area contributed by atoms with Gasteiger partial charge in [-0.1, -0.05) is 60.3 Å². The topological polar surface area (TPSA) is 68.0 Å². The van der Waals surface area contributed by atoms with E-state index in [1.54, 1.807) is 6.92 Å². The molecule has 1 heterocycles. The number of hydrogen-bond donors (Lipinski definition) is 1. The van der Waals surface area contributed by atoms with E-state index in [9.17, 15) is 4.79 Å². The zero-order valence-corrected chi connectivity index (χ0v) is 13.3. The number of para-hydroxylation sites is 1. The smallest absolute Gasteiger partial charge is 0.316 e. The van der Waals surface area contributed by atoms with Gasteiger partial charge in [-0.05, 0) is 19.1 Å². The van der Waals surface area contributed by atoms with Gasteiger partial charge in [0, 0.05) is 11.3 Å². The van der Waals surface area contributed by atoms with Crippen molar-refractivity contribution in [2.24, 2.45) is 0 Å². The maximum absolute atomic E-state index is 11.1. The third kappa shape index (κ3) is 3.27. The van der Waals surface area contributed by atoms with E-state index < -0.39 is 11.2 Å². The Labute approximate surface area is 138 Å². The highest BCUT2D eigenvalue weighted by Crippen LogP contribution is 2.29. The Morgan fingerprint density at radius 3 is 2.26 bits per heavy atom. The molecule has 1 aromatic heterocycles. The van der Waals surface area contributed by atoms with Crippen LogP contribution in [-0.2, 0) is 4.79 Å². The Balaban J connectivity index is 2.11. The van der Waals surface area contributed by atoms with Gasteiger partial charge in [-0.2, -0.15) is 0 Å². The average Bonchev–Trinajstić information content (AvgIpc) is 3.00. The molecule has 1 atom stereocenters. The van der Waals surface area contributed by atoms with Crippen molar-refractivity contribution in [3.05, 3.63) is 60.7 Å². The van der Waals surface area contributed by atoms with Crippen molar-refractivity contribution >= 4 is 17.7 Å². The molecule has 0 spiro atoms. The van der Waals surface area contributed by atoms with Gasteiger partial charge in [-0.3, -0.25) is 9.36 Å². The van der Waals surface area contributed by atoms with Gasteiger partial charge in [0.05, 0.1) is 0 Å². The van der Waals surface area contributed by atoms with E-state index in [0.717, 1.165) is 11.3 Å². The van der Waals surface area contributed by atoms with E-state index in [0.29, 0.717) is 11.0 Å². The summed E-state index contributed by atoms with van der Waals surface area (Å²) in [7, 11) is 0. The minimum atomic E-state index is -0.876. The number of thioether (sulfide) groups is 1. The Kier molecular flexibility index (Phi) is 4.43. The SMILES string of the molecule is C[C@@H](Sc1nnc(-c2ccccc2)n1-c1ccccc1)C(=O)O. The van der Waals surface area contributed by atoms with Crippen LogP contribution >= 0.6 is 11.8 Å². The number of aliphatic carboxylic acids is 1. The first kappa shape index (κ1) is 15.3. The largest absolute Gasteiger partial charge is 0.480 e. The molecule has 6 heteroatoms. The third-order valence-electron chi connectivity index (χ3n) is 3.31. The van der Waals surface area contributed by atoms with E-state index in [4.69, 9.17) is 5.11 Å². The highest BCUT2D eigenvalue weighted by molar-refractivity contribution is 8.00. The molecule has 0 fully saturated rings. The zero-order valence-electron chi connectivity index (χ0n) is 12.5. The summed E-state index contributed by atoms with van der Waals surface area (Å²) in [6.07, 6.45) is 0. The predicted molar refractivity (Wildman–Crippen MR) is 89.7 cm³/mol. The number of rotatable bonds is 5. The predicted octanol–water partition coefficient (Wildman–Crippen LogP) is 3.50. The van der Waals surface area contributed by atoms with Gasteiger partial charge in [0.25, 0.3) is 0 Å². The average molecular weight is 325 g/mol. The first-order valence-corrected chi connectivity index (χ1v) is 8.00. The van der Waals surface area contributed by atoms with E-state index in [1.807, 2.05) is 65.2 Å². The molecule has 0 unspecified atom stereocenters. The molecule has 0 bridgehead atoms. The van der Waals surface area contributed by atoms with Crippen LogP contribution < -0.4 is 0 Å². The fourth-order valence-corrected chi connectivity index (χ4v) is 2.94. The van der Waals surface area contributed by atoms with Crippen molar-refractivity contribution in [2.75, 3.05) is 0 Å². The van der Waals surface area contributed by atoms with Crippen LogP contribution in [0.25, 0.3) is 17.1 Å². The summed E-state index contributed by atoms with van der Waals surface area (Å²) in [6, 6.07) is 19.4. The van der Waals surface area contributed by atoms with Gasteiger partial charge < -0.3 is 5.11 Å². The maximum atomic E-state index is 11.1. The Bertz CT molecular complexity index is 803. The minimum absolute atomic E-state index is 0.560. The van der Waals surface area contributed by atoms with Crippen molar-refractivity contribution in [3.63, 3.8) is 0 Å². The molecule has 3 rings (SSSR count). The van der Waals surface area contributed by atoms with Gasteiger partial charge >= 0.3 is 5.97 Å². The Hall–Kier alpha value is -2.60. The van der Waals surface area contributed by atoms with Crippen molar-refractivity contribution in [3.8, 4) is 17.1 Å². The summed E-state index contributed by atoms with van der Waals surface area (Å²) < 4.78 is 1.89. The van der Waals surface area contributed by atoms with Crippen molar-refractivity contribution in [2.45, 2.75) is 17.3 Å². The molecular weight excluding hydrogens is 310 g/mol. The first-order valence-electron chi connectivity index (χ1n) is 7.12. The molecule has 0 aliphatic carbocycles. The standard InChI is InChI=1S/C17H15N3O2S/c1-12(16(21)22)23-17-19-18-15(13-8-4-2-5-9-13)20(17)14-10-6-3-7-11-14/h2-12H,1H3,(H,21,22)/t12-/m1/s1. The highest BCUT2D eigenvalue weighted by Gasteiger charge is 2.21. The quantitative estimate of drug-likeness (QED) is 0.727. The van der Waals surface area contributed by atoms with Crippen molar-refractivity contribution in [1.82, 2.24) is 14.8 Å². The second-order valence-corrected chi connectivity index (χ2v) is 6.25. The molecule has 1 N–H and O–H groups in total. The van der Waals surface area contributed by atoms with E-state index in [-0.39, 0.29) is 0 Å². The summed E-state index contributed by atoms with van der Waals surface area (Å²) in [6.45, 7) is 1.64. The van der Waals surface area contributed by atoms with Crippen LogP contribution in [0.1, 0.15) is 6.92 Å². The molecule has 0 aliphatic heterocycles. The fourth-order valence-electron chi connectivity index (χ4n) is 2.14. The fraction of sp³-hybridized carbons (Fsp3) is 0.118. The number of carboxylic acids is 1. The third-order valence-corrected chi connectivity index (χ3v) is 4.34. The van der Waals surface area contributed by atoms with Crippen LogP contribution in [-0.4, -0.2) is 31.1 Å². The molecule has 23 heavy (non-hydrogen) atoms. The number of aromatic nitrogens is 3. The van der Waals surface area contributed by atoms with Crippen LogP contribution in [0.2, 0.25) is 0 Å². The lowest BCUT2D eigenvalue weighted by Gasteiger charge is -2.11. The van der Waals surface area contributed by atoms with Crippen molar-refractivity contribution < 1.29 is 9.90 Å². The molecule has 3 aromatic rings. The molecule has 2 aromatic carbocycles. The number of benzene rings is 2. The monoisotopic (exact) mass is 325 g/mol. The summed E-state index contributed by atoms with van der Waals surface area (Å²) in [5, 5.41) is 17.6. The van der Waals surface area contributed by atoms with Gasteiger partial charge in [0.1, 0.15) is 5.25 Å². The van der Waals surface area contributed by atoms with Crippen LogP contribution in [0.4, 0.5) is 0 Å². The highest BCUT2D eigenvalue weighted by atomic mass is 32.2. The second-order valence-electron chi connectivity index (χ2n) is 4.94. The van der Waals surface area contributed by atoms with E-state index in [2.05, 4.69) is 10.2 Å². The molecular formula is C17H15N3O2S. The van der Waals surface area contributed by atoms with E-state index >= 15 is 0 Å². The first-order chi connectivity index (χ1) is 11.2. The summed E-state index contributed by atoms with van der Waals surface area (Å²) in [5.41, 5.74) is 1.83. The normalized spacial score (nSPS) is 12.0. The lowest BCUT2D eigenvalue weighted by molar-refractivity contribution is -0.136. The second kappa shape index (κ2) is 6.66. The number of carbonyl (C=O) groups is 1. The Morgan fingerprint density at radius 1 is 1.04 bits per heavy atom. The van der Waals surface area contributed by atoms with E-state index in [1.165, 1.54) is 11.8 Å². The summed E-state index contributed by atoms with van der Waals surface area (Å²) in [5.74, 6) is -0.184. The van der Waals surface area contributed by atoms with Gasteiger partial charge in [0.2, 0.25) is 0 Å². The summed E-state index contributed by atoms with van der Waals surface area (Å²) in [4.78, 5) is 11.1. The van der Waals surface area contributed by atoms with Crippen LogP contribution in [0.15, 0.2) is 65.8 Å².